The van der Waals surface area contributed by atoms with Crippen molar-refractivity contribution >= 4 is 20.4 Å². The maximum atomic E-state index is 9.85. The molecule has 0 aromatic heterocycles. The van der Waals surface area contributed by atoms with E-state index in [-0.39, 0.29) is 34.6 Å². The molecule has 3 radical (unpaired) electrons. The summed E-state index contributed by atoms with van der Waals surface area (Å²) < 4.78 is 0. The van der Waals surface area contributed by atoms with E-state index in [9.17, 15) is 9.59 Å². The van der Waals surface area contributed by atoms with Gasteiger partial charge in [0.1, 0.15) is 6.04 Å². The minimum Gasteiger partial charge on any atom is -0.481 e. The largest absolute Gasteiger partial charge is 0.481 e. The van der Waals surface area contributed by atoms with Crippen LogP contribution < -0.4 is 5.73 Å². The number of hydrogen-bond donors (Lipinski definition) is 3. The molecule has 0 amide bonds. The van der Waals surface area contributed by atoms with E-state index in [4.69, 9.17) is 15.9 Å². The third kappa shape index (κ3) is 9.85. The first-order valence-electron chi connectivity index (χ1n) is 2.24. The van der Waals surface area contributed by atoms with Crippen LogP contribution >= 0.6 is 0 Å². The van der Waals surface area contributed by atoms with Gasteiger partial charge in [0.05, 0.1) is 6.42 Å². The molecule has 0 aliphatic carbocycles. The first kappa shape index (κ1) is 17.1. The molecule has 0 bridgehead atoms. The molecular weight excluding hydrogens is 228 g/mol. The molecule has 0 rings (SSSR count). The van der Waals surface area contributed by atoms with Gasteiger partial charge in [0.15, 0.2) is 0 Å². The average molecular weight is 235 g/mol. The summed E-state index contributed by atoms with van der Waals surface area (Å²) in [5.41, 5.74) is 4.84. The van der Waals surface area contributed by atoms with Crippen molar-refractivity contribution in [1.29, 1.82) is 0 Å². The van der Waals surface area contributed by atoms with Crippen LogP contribution in [-0.4, -0.2) is 36.6 Å². The van der Waals surface area contributed by atoms with Gasteiger partial charge in [-0.3, -0.25) is 9.59 Å². The molecular formula is C4H7BNO4Zr. The Morgan fingerprint density at radius 3 is 1.82 bits per heavy atom. The molecule has 0 aliphatic rings. The van der Waals surface area contributed by atoms with Crippen molar-refractivity contribution in [2.75, 3.05) is 0 Å². The van der Waals surface area contributed by atoms with Crippen LogP contribution in [-0.2, 0) is 35.8 Å². The summed E-state index contributed by atoms with van der Waals surface area (Å²) in [6, 6.07) is -1.29. The van der Waals surface area contributed by atoms with E-state index in [1.54, 1.807) is 0 Å². The Morgan fingerprint density at radius 1 is 1.36 bits per heavy atom. The molecule has 0 aliphatic heterocycles. The van der Waals surface area contributed by atoms with Gasteiger partial charge in [-0.1, -0.05) is 0 Å². The second kappa shape index (κ2) is 7.95. The van der Waals surface area contributed by atoms with Crippen LogP contribution in [0.4, 0.5) is 0 Å². The number of aliphatic carboxylic acids is 2. The molecule has 0 aromatic rings. The smallest absolute Gasteiger partial charge is 0.321 e. The minimum absolute atomic E-state index is 0. The first-order valence-corrected chi connectivity index (χ1v) is 2.24. The van der Waals surface area contributed by atoms with E-state index in [1.165, 1.54) is 0 Å². The Hall–Kier alpha value is -0.152. The predicted molar refractivity (Wildman–Crippen MR) is 33.6 cm³/mol. The fraction of sp³-hybridized carbons (Fsp3) is 0.500. The van der Waals surface area contributed by atoms with Crippen molar-refractivity contribution in [3.63, 3.8) is 0 Å². The second-order valence-corrected chi connectivity index (χ2v) is 1.54. The van der Waals surface area contributed by atoms with Gasteiger partial charge in [0, 0.05) is 34.6 Å². The van der Waals surface area contributed by atoms with Crippen LogP contribution in [0.2, 0.25) is 0 Å². The topological polar surface area (TPSA) is 101 Å². The Labute approximate surface area is 84.7 Å². The number of hydrogen-bond acceptors (Lipinski definition) is 3. The van der Waals surface area contributed by atoms with Gasteiger partial charge >= 0.3 is 11.9 Å². The van der Waals surface area contributed by atoms with E-state index in [0.717, 1.165) is 0 Å². The first-order chi connectivity index (χ1) is 4.04. The van der Waals surface area contributed by atoms with Crippen LogP contribution in [0.3, 0.4) is 0 Å². The van der Waals surface area contributed by atoms with Crippen molar-refractivity contribution in [2.45, 2.75) is 12.5 Å². The van der Waals surface area contributed by atoms with Crippen LogP contribution in [0.5, 0.6) is 0 Å². The van der Waals surface area contributed by atoms with E-state index in [1.807, 2.05) is 0 Å². The second-order valence-electron chi connectivity index (χ2n) is 1.54. The summed E-state index contributed by atoms with van der Waals surface area (Å²) in [7, 11) is 0. The SMILES string of the molecule is N[C@@H](CC(=O)O)C(=O)O.[B].[Zr]. The monoisotopic (exact) mass is 234 g/mol. The number of nitrogens with two attached hydrogens (primary N) is 1. The van der Waals surface area contributed by atoms with E-state index >= 15 is 0 Å². The molecule has 0 unspecified atom stereocenters. The molecule has 0 fully saturated rings. The van der Waals surface area contributed by atoms with Gasteiger partial charge in [0.25, 0.3) is 0 Å². The van der Waals surface area contributed by atoms with E-state index < -0.39 is 24.4 Å². The minimum atomic E-state index is -1.29. The molecule has 11 heavy (non-hydrogen) atoms. The third-order valence-electron chi connectivity index (χ3n) is 0.712. The van der Waals surface area contributed by atoms with Gasteiger partial charge in [-0.05, 0) is 0 Å². The van der Waals surface area contributed by atoms with E-state index in [2.05, 4.69) is 0 Å². The normalized spacial score (nSPS) is 10.3. The molecule has 5 nitrogen and oxygen atoms in total. The van der Waals surface area contributed by atoms with Gasteiger partial charge in [-0.2, -0.15) is 0 Å². The van der Waals surface area contributed by atoms with Crippen molar-refractivity contribution in [2.24, 2.45) is 5.73 Å². The zero-order valence-corrected chi connectivity index (χ0v) is 8.11. The summed E-state index contributed by atoms with van der Waals surface area (Å²) in [6.07, 6.45) is -0.532. The van der Waals surface area contributed by atoms with Crippen LogP contribution in [0.15, 0.2) is 0 Å². The Morgan fingerprint density at radius 2 is 1.73 bits per heavy atom. The number of carboxylic acid groups (broad SMARTS) is 2. The fourth-order valence-electron chi connectivity index (χ4n) is 0.275. The van der Waals surface area contributed by atoms with E-state index in [0.29, 0.717) is 0 Å². The van der Waals surface area contributed by atoms with Crippen LogP contribution in [0, 0.1) is 0 Å². The molecule has 4 N–H and O–H groups in total. The van der Waals surface area contributed by atoms with Gasteiger partial charge in [0.2, 0.25) is 0 Å². The molecule has 0 heterocycles. The van der Waals surface area contributed by atoms with Crippen molar-refractivity contribution < 1.29 is 46.0 Å². The number of carbonyl (C=O) groups is 2. The fourth-order valence-corrected chi connectivity index (χ4v) is 0.275. The summed E-state index contributed by atoms with van der Waals surface area (Å²) in [5.74, 6) is -2.50. The molecule has 59 valence electrons. The molecule has 0 saturated heterocycles. The van der Waals surface area contributed by atoms with Gasteiger partial charge in [-0.15, -0.1) is 0 Å². The maximum Gasteiger partial charge on any atom is 0.321 e. The molecule has 1 atom stereocenters. The molecule has 0 aromatic carbocycles. The third-order valence-corrected chi connectivity index (χ3v) is 0.712. The van der Waals surface area contributed by atoms with Crippen molar-refractivity contribution in [3.05, 3.63) is 0 Å². The standard InChI is InChI=1S/C4H7NO4.B.Zr/c5-2(4(8)9)1-3(6)7;;/h2H,1,5H2,(H,6,7)(H,8,9);;/t2-;;/m0../s1. The molecule has 7 heteroatoms. The summed E-state index contributed by atoms with van der Waals surface area (Å²) in [6.45, 7) is 0. The summed E-state index contributed by atoms with van der Waals surface area (Å²) >= 11 is 0. The van der Waals surface area contributed by atoms with Crippen molar-refractivity contribution in [3.8, 4) is 0 Å². The Bertz CT molecular complexity index is 142. The van der Waals surface area contributed by atoms with Crippen LogP contribution in [0.25, 0.3) is 0 Å². The summed E-state index contributed by atoms with van der Waals surface area (Å²) in [4.78, 5) is 19.6. The zero-order valence-electron chi connectivity index (χ0n) is 5.65. The molecule has 0 spiro atoms. The van der Waals surface area contributed by atoms with Crippen LogP contribution in [0.1, 0.15) is 6.42 Å². The Balaban J connectivity index is -0.000000320. The van der Waals surface area contributed by atoms with Crippen molar-refractivity contribution in [1.82, 2.24) is 0 Å². The quantitative estimate of drug-likeness (QED) is 0.516. The average Bonchev–Trinajstić information content (AvgIpc) is 1.63. The Kier molecular flexibility index (Phi) is 12.3. The maximum absolute atomic E-state index is 9.85. The number of carboxylic acids is 2. The number of rotatable bonds is 3. The van der Waals surface area contributed by atoms with Gasteiger partial charge < -0.3 is 15.9 Å². The predicted octanol–water partition coefficient (Wildman–Crippen LogP) is -1.51. The zero-order chi connectivity index (χ0) is 7.44. The van der Waals surface area contributed by atoms with Gasteiger partial charge in [-0.25, -0.2) is 0 Å². The summed E-state index contributed by atoms with van der Waals surface area (Å²) in [5, 5.41) is 16.0. The molecule has 0 saturated carbocycles.